The molecular formula is C30H37N5O4. The van der Waals surface area contributed by atoms with Crippen LogP contribution in [0.4, 0.5) is 11.5 Å². The number of ether oxygens (including phenoxy) is 3. The molecule has 0 aliphatic rings. The first-order valence-electron chi connectivity index (χ1n) is 13.2. The summed E-state index contributed by atoms with van der Waals surface area (Å²) in [6.45, 7) is 14.5. The highest BCUT2D eigenvalue weighted by Gasteiger charge is 2.20. The van der Waals surface area contributed by atoms with Crippen LogP contribution in [-0.4, -0.2) is 28.3 Å². The Balaban J connectivity index is 1.50. The van der Waals surface area contributed by atoms with Crippen molar-refractivity contribution in [2.45, 2.75) is 65.4 Å². The molecule has 0 saturated heterocycles. The Hall–Kier alpha value is -4.27. The van der Waals surface area contributed by atoms with Crippen LogP contribution in [0.15, 0.2) is 65.7 Å². The van der Waals surface area contributed by atoms with Crippen LogP contribution < -0.4 is 24.8 Å². The van der Waals surface area contributed by atoms with Gasteiger partial charge in [-0.2, -0.15) is 0 Å². The first-order valence-corrected chi connectivity index (χ1v) is 13.2. The molecule has 0 bridgehead atoms. The molecule has 0 saturated carbocycles. The van der Waals surface area contributed by atoms with E-state index in [1.54, 1.807) is 7.11 Å². The molecule has 1 atom stereocenters. The van der Waals surface area contributed by atoms with Crippen LogP contribution in [0.2, 0.25) is 0 Å². The van der Waals surface area contributed by atoms with Gasteiger partial charge in [-0.05, 0) is 31.0 Å². The van der Waals surface area contributed by atoms with Crippen molar-refractivity contribution in [3.63, 3.8) is 0 Å². The summed E-state index contributed by atoms with van der Waals surface area (Å²) in [5.41, 5.74) is 1.35. The summed E-state index contributed by atoms with van der Waals surface area (Å²) in [6, 6.07) is 13.1. The molecule has 0 aliphatic carbocycles. The Morgan fingerprint density at radius 1 is 1.05 bits per heavy atom. The van der Waals surface area contributed by atoms with Crippen LogP contribution in [0.5, 0.6) is 23.1 Å². The van der Waals surface area contributed by atoms with E-state index >= 15 is 0 Å². The summed E-state index contributed by atoms with van der Waals surface area (Å²) < 4.78 is 23.5. The number of hydrogen-bond acceptors (Lipinski definition) is 9. The Labute approximate surface area is 229 Å². The molecule has 4 aromatic rings. The molecule has 4 rings (SSSR count). The quantitative estimate of drug-likeness (QED) is 0.190. The lowest BCUT2D eigenvalue weighted by Crippen LogP contribution is -2.15. The SMILES string of the molecule is C=C(Nc1cccc(Oc2ncnc3cc(O[C@@H](CC)CCC)c(OC)cc23)c1)Nc1cc(C(C)(C)C)on1. The Kier molecular flexibility index (Phi) is 8.59. The molecule has 2 aromatic heterocycles. The van der Waals surface area contributed by atoms with E-state index in [1.807, 2.05) is 42.5 Å². The number of methoxy groups -OCH3 is 1. The summed E-state index contributed by atoms with van der Waals surface area (Å²) in [6.07, 6.45) is 4.52. The summed E-state index contributed by atoms with van der Waals surface area (Å²) in [7, 11) is 1.62. The van der Waals surface area contributed by atoms with Crippen molar-refractivity contribution in [3.8, 4) is 23.1 Å². The predicted octanol–water partition coefficient (Wildman–Crippen LogP) is 7.67. The summed E-state index contributed by atoms with van der Waals surface area (Å²) in [5, 5.41) is 11.1. The molecule has 9 heteroatoms. The van der Waals surface area contributed by atoms with Crippen LogP contribution >= 0.6 is 0 Å². The molecule has 206 valence electrons. The summed E-state index contributed by atoms with van der Waals surface area (Å²) >= 11 is 0. The second-order valence-corrected chi connectivity index (χ2v) is 10.3. The van der Waals surface area contributed by atoms with Crippen molar-refractivity contribution in [3.05, 3.63) is 67.0 Å². The van der Waals surface area contributed by atoms with Gasteiger partial charge in [0.25, 0.3) is 0 Å². The lowest BCUT2D eigenvalue weighted by Gasteiger charge is -2.19. The molecule has 0 radical (unpaired) electrons. The van der Waals surface area contributed by atoms with E-state index < -0.39 is 0 Å². The van der Waals surface area contributed by atoms with Crippen LogP contribution in [0, 0.1) is 0 Å². The zero-order valence-corrected chi connectivity index (χ0v) is 23.5. The molecule has 9 nitrogen and oxygen atoms in total. The number of rotatable bonds is 12. The van der Waals surface area contributed by atoms with Gasteiger partial charge < -0.3 is 29.4 Å². The molecule has 0 amide bonds. The van der Waals surface area contributed by atoms with Crippen molar-refractivity contribution >= 4 is 22.4 Å². The molecule has 0 fully saturated rings. The Bertz CT molecular complexity index is 1430. The minimum absolute atomic E-state index is 0.114. The first kappa shape index (κ1) is 27.8. The molecular weight excluding hydrogens is 494 g/mol. The van der Waals surface area contributed by atoms with E-state index in [4.69, 9.17) is 18.7 Å². The van der Waals surface area contributed by atoms with Crippen molar-refractivity contribution in [2.24, 2.45) is 0 Å². The van der Waals surface area contributed by atoms with E-state index in [0.717, 1.165) is 36.1 Å². The largest absolute Gasteiger partial charge is 0.493 e. The highest BCUT2D eigenvalue weighted by Crippen LogP contribution is 2.37. The van der Waals surface area contributed by atoms with Gasteiger partial charge in [-0.15, -0.1) is 0 Å². The van der Waals surface area contributed by atoms with Crippen LogP contribution in [0.1, 0.15) is 59.6 Å². The predicted molar refractivity (Wildman–Crippen MR) is 154 cm³/mol. The van der Waals surface area contributed by atoms with Gasteiger partial charge in [0, 0.05) is 29.3 Å². The topological polar surface area (TPSA) is 104 Å². The first-order chi connectivity index (χ1) is 18.7. The van der Waals surface area contributed by atoms with E-state index in [2.05, 4.69) is 67.0 Å². The summed E-state index contributed by atoms with van der Waals surface area (Å²) in [4.78, 5) is 8.82. The molecule has 2 N–H and O–H groups in total. The van der Waals surface area contributed by atoms with Gasteiger partial charge in [0.15, 0.2) is 17.3 Å². The number of nitrogens with zero attached hydrogens (tertiary/aromatic N) is 3. The number of fused-ring (bicyclic) bond motifs is 1. The minimum Gasteiger partial charge on any atom is -0.493 e. The maximum absolute atomic E-state index is 6.25. The summed E-state index contributed by atoms with van der Waals surface area (Å²) in [5.74, 6) is 4.18. The molecule has 0 aliphatic heterocycles. The van der Waals surface area contributed by atoms with Gasteiger partial charge in [-0.1, -0.05) is 58.8 Å². The third-order valence-corrected chi connectivity index (χ3v) is 6.12. The van der Waals surface area contributed by atoms with E-state index in [1.165, 1.54) is 6.33 Å². The number of benzene rings is 2. The minimum atomic E-state index is -0.135. The molecule has 0 unspecified atom stereocenters. The fourth-order valence-corrected chi connectivity index (χ4v) is 4.02. The molecule has 2 aromatic carbocycles. The fourth-order valence-electron chi connectivity index (χ4n) is 4.02. The second kappa shape index (κ2) is 12.1. The van der Waals surface area contributed by atoms with Crippen LogP contribution in [0.25, 0.3) is 10.9 Å². The smallest absolute Gasteiger partial charge is 0.230 e. The normalized spacial score (nSPS) is 12.2. The standard InChI is InChI=1S/C30H37N5O4/c1-8-11-21(9-2)37-26-16-24-23(15-25(26)36-7)29(32-18-31-24)38-22-13-10-12-20(14-22)33-19(3)34-28-17-27(39-35-28)30(4,5)6/h10,12-18,21,33H,3,8-9,11H2,1-2,4-7H3,(H,34,35)/t21-/m0/s1. The van der Waals surface area contributed by atoms with Gasteiger partial charge in [-0.3, -0.25) is 0 Å². The number of nitrogens with one attached hydrogen (secondary N) is 2. The fraction of sp³-hybridized carbons (Fsp3) is 0.367. The highest BCUT2D eigenvalue weighted by molar-refractivity contribution is 5.87. The number of aromatic nitrogens is 3. The van der Waals surface area contributed by atoms with Gasteiger partial charge in [0.05, 0.1) is 24.1 Å². The average molecular weight is 532 g/mol. The van der Waals surface area contributed by atoms with Gasteiger partial charge in [0.1, 0.15) is 23.7 Å². The highest BCUT2D eigenvalue weighted by atomic mass is 16.5. The average Bonchev–Trinajstić information content (AvgIpc) is 3.37. The van der Waals surface area contributed by atoms with Crippen molar-refractivity contribution in [1.29, 1.82) is 0 Å². The monoisotopic (exact) mass is 531 g/mol. The molecule has 2 heterocycles. The Morgan fingerprint density at radius 2 is 1.87 bits per heavy atom. The van der Waals surface area contributed by atoms with E-state index in [-0.39, 0.29) is 11.5 Å². The third-order valence-electron chi connectivity index (χ3n) is 6.12. The van der Waals surface area contributed by atoms with Crippen LogP contribution in [0.3, 0.4) is 0 Å². The lowest BCUT2D eigenvalue weighted by molar-refractivity contribution is 0.178. The second-order valence-electron chi connectivity index (χ2n) is 10.3. The van der Waals surface area contributed by atoms with Crippen molar-refractivity contribution in [2.75, 3.05) is 17.7 Å². The maximum Gasteiger partial charge on any atom is 0.230 e. The van der Waals surface area contributed by atoms with E-state index in [0.29, 0.717) is 40.3 Å². The molecule has 39 heavy (non-hydrogen) atoms. The van der Waals surface area contributed by atoms with Crippen LogP contribution in [-0.2, 0) is 5.41 Å². The maximum atomic E-state index is 6.25. The van der Waals surface area contributed by atoms with Gasteiger partial charge in [-0.25, -0.2) is 9.97 Å². The van der Waals surface area contributed by atoms with Crippen molar-refractivity contribution < 1.29 is 18.7 Å². The van der Waals surface area contributed by atoms with Gasteiger partial charge >= 0.3 is 0 Å². The van der Waals surface area contributed by atoms with E-state index in [9.17, 15) is 0 Å². The van der Waals surface area contributed by atoms with Crippen molar-refractivity contribution in [1.82, 2.24) is 15.1 Å². The zero-order valence-electron chi connectivity index (χ0n) is 23.5. The molecule has 0 spiro atoms. The lowest BCUT2D eigenvalue weighted by atomic mass is 9.93. The Morgan fingerprint density at radius 3 is 2.56 bits per heavy atom. The zero-order chi connectivity index (χ0) is 28.0. The number of hydrogen-bond donors (Lipinski definition) is 2. The van der Waals surface area contributed by atoms with Gasteiger partial charge in [0.2, 0.25) is 5.88 Å². The number of anilines is 2. The third kappa shape index (κ3) is 6.98.